The molecule has 6 heteroatoms. The van der Waals surface area contributed by atoms with Crippen molar-refractivity contribution in [1.82, 2.24) is 15.6 Å². The third-order valence-electron chi connectivity index (χ3n) is 2.93. The Kier molecular flexibility index (Phi) is 5.10. The summed E-state index contributed by atoms with van der Waals surface area (Å²) >= 11 is 1.57. The fraction of sp³-hybridized carbons (Fsp3) is 0.667. The molecule has 0 aromatic carbocycles. The number of rotatable bonds is 8. The summed E-state index contributed by atoms with van der Waals surface area (Å²) in [6.07, 6.45) is 3.26. The lowest BCUT2D eigenvalue weighted by Crippen LogP contribution is -2.41. The zero-order valence-corrected chi connectivity index (χ0v) is 11.2. The standard InChI is InChI=1S/C12H20N4OS/c13-10(3-11-7-18-8-16-11)5-14-6-12(17)15-4-9-1-2-9/h7-10,14H,1-6,13H2,(H,15,17)/t10-/m0/s1. The van der Waals surface area contributed by atoms with E-state index < -0.39 is 0 Å². The number of nitrogens with zero attached hydrogens (tertiary/aromatic N) is 1. The van der Waals surface area contributed by atoms with E-state index >= 15 is 0 Å². The van der Waals surface area contributed by atoms with E-state index in [1.807, 2.05) is 5.38 Å². The molecule has 0 saturated heterocycles. The highest BCUT2D eigenvalue weighted by Crippen LogP contribution is 2.27. The first-order valence-electron chi connectivity index (χ1n) is 6.34. The van der Waals surface area contributed by atoms with Gasteiger partial charge in [-0.15, -0.1) is 11.3 Å². The third-order valence-corrected chi connectivity index (χ3v) is 3.57. The van der Waals surface area contributed by atoms with Crippen molar-refractivity contribution in [2.45, 2.75) is 25.3 Å². The monoisotopic (exact) mass is 268 g/mol. The molecule has 5 nitrogen and oxygen atoms in total. The Labute approximate surface area is 111 Å². The molecule has 100 valence electrons. The van der Waals surface area contributed by atoms with Crippen molar-refractivity contribution < 1.29 is 4.79 Å². The van der Waals surface area contributed by atoms with Gasteiger partial charge < -0.3 is 16.4 Å². The fourth-order valence-corrected chi connectivity index (χ4v) is 2.26. The molecule has 1 fully saturated rings. The van der Waals surface area contributed by atoms with E-state index in [1.54, 1.807) is 16.8 Å². The Hall–Kier alpha value is -0.980. The fourth-order valence-electron chi connectivity index (χ4n) is 1.69. The van der Waals surface area contributed by atoms with Crippen molar-refractivity contribution in [1.29, 1.82) is 0 Å². The van der Waals surface area contributed by atoms with Crippen molar-refractivity contribution in [2.75, 3.05) is 19.6 Å². The molecule has 0 aliphatic heterocycles. The minimum absolute atomic E-state index is 0.00309. The molecular formula is C12H20N4OS. The van der Waals surface area contributed by atoms with Crippen LogP contribution in [0.3, 0.4) is 0 Å². The van der Waals surface area contributed by atoms with Crippen LogP contribution >= 0.6 is 11.3 Å². The van der Waals surface area contributed by atoms with E-state index in [2.05, 4.69) is 15.6 Å². The van der Waals surface area contributed by atoms with Gasteiger partial charge in [-0.3, -0.25) is 4.79 Å². The Bertz CT molecular complexity index is 364. The summed E-state index contributed by atoms with van der Waals surface area (Å²) in [5.41, 5.74) is 8.78. The lowest BCUT2D eigenvalue weighted by Gasteiger charge is -2.11. The quantitative estimate of drug-likeness (QED) is 0.626. The van der Waals surface area contributed by atoms with Crippen LogP contribution in [-0.2, 0) is 11.2 Å². The molecule has 0 spiro atoms. The predicted octanol–water partition coefficient (Wildman–Crippen LogP) is 0.129. The Morgan fingerprint density at radius 2 is 2.44 bits per heavy atom. The molecule has 0 radical (unpaired) electrons. The van der Waals surface area contributed by atoms with Crippen LogP contribution in [0, 0.1) is 5.92 Å². The first-order chi connectivity index (χ1) is 8.74. The van der Waals surface area contributed by atoms with Crippen LogP contribution in [0.25, 0.3) is 0 Å². The third kappa shape index (κ3) is 5.12. The maximum Gasteiger partial charge on any atom is 0.233 e. The maximum atomic E-state index is 11.4. The largest absolute Gasteiger partial charge is 0.355 e. The average Bonchev–Trinajstić information content (AvgIpc) is 3.04. The van der Waals surface area contributed by atoms with Gasteiger partial charge in [-0.25, -0.2) is 4.98 Å². The van der Waals surface area contributed by atoms with E-state index in [-0.39, 0.29) is 11.9 Å². The van der Waals surface area contributed by atoms with Gasteiger partial charge >= 0.3 is 0 Å². The summed E-state index contributed by atoms with van der Waals surface area (Å²) in [6.45, 7) is 1.80. The van der Waals surface area contributed by atoms with E-state index in [1.165, 1.54) is 12.8 Å². The molecule has 1 aromatic heterocycles. The Morgan fingerprint density at radius 1 is 1.61 bits per heavy atom. The smallest absolute Gasteiger partial charge is 0.233 e. The number of nitrogens with two attached hydrogens (primary N) is 1. The highest BCUT2D eigenvalue weighted by atomic mass is 32.1. The molecule has 0 unspecified atom stereocenters. The van der Waals surface area contributed by atoms with Crippen LogP contribution in [-0.4, -0.2) is 36.6 Å². The molecule has 2 rings (SSSR count). The highest BCUT2D eigenvalue weighted by molar-refractivity contribution is 7.07. The van der Waals surface area contributed by atoms with Gasteiger partial charge in [0.1, 0.15) is 0 Å². The van der Waals surface area contributed by atoms with Gasteiger partial charge in [-0.1, -0.05) is 0 Å². The molecule has 1 heterocycles. The van der Waals surface area contributed by atoms with Crippen molar-refractivity contribution >= 4 is 17.2 Å². The van der Waals surface area contributed by atoms with Gasteiger partial charge in [-0.05, 0) is 18.8 Å². The van der Waals surface area contributed by atoms with Crippen molar-refractivity contribution in [3.05, 3.63) is 16.6 Å². The Morgan fingerprint density at radius 3 is 3.11 bits per heavy atom. The molecule has 1 amide bonds. The first-order valence-corrected chi connectivity index (χ1v) is 7.28. The summed E-state index contributed by atoms with van der Waals surface area (Å²) in [5, 5.41) is 7.99. The molecular weight excluding hydrogens is 248 g/mol. The van der Waals surface area contributed by atoms with Crippen LogP contribution in [0.2, 0.25) is 0 Å². The second-order valence-corrected chi connectivity index (χ2v) is 5.54. The molecule has 0 bridgehead atoms. The highest BCUT2D eigenvalue weighted by Gasteiger charge is 2.21. The van der Waals surface area contributed by atoms with Crippen molar-refractivity contribution in [3.63, 3.8) is 0 Å². The van der Waals surface area contributed by atoms with Crippen LogP contribution in [0.15, 0.2) is 10.9 Å². The minimum Gasteiger partial charge on any atom is -0.355 e. The number of thiazole rings is 1. The van der Waals surface area contributed by atoms with Gasteiger partial charge in [0, 0.05) is 30.9 Å². The number of aromatic nitrogens is 1. The molecule has 1 aliphatic carbocycles. The Balaban J connectivity index is 1.52. The molecule has 1 aliphatic rings. The SMILES string of the molecule is N[C@H](CNCC(=O)NCC1CC1)Cc1cscn1. The number of carbonyl (C=O) groups excluding carboxylic acids is 1. The minimum atomic E-state index is 0.00309. The van der Waals surface area contributed by atoms with Crippen molar-refractivity contribution in [3.8, 4) is 0 Å². The zero-order chi connectivity index (χ0) is 12.8. The summed E-state index contributed by atoms with van der Waals surface area (Å²) in [7, 11) is 0. The first kappa shape index (κ1) is 13.5. The normalized spacial score (nSPS) is 16.5. The van der Waals surface area contributed by atoms with E-state index in [0.717, 1.165) is 24.6 Å². The van der Waals surface area contributed by atoms with Crippen LogP contribution in [0.4, 0.5) is 0 Å². The summed E-state index contributed by atoms with van der Waals surface area (Å²) in [6, 6.07) is 0.00309. The summed E-state index contributed by atoms with van der Waals surface area (Å²) in [4.78, 5) is 15.6. The number of hydrogen-bond donors (Lipinski definition) is 3. The van der Waals surface area contributed by atoms with E-state index in [0.29, 0.717) is 13.1 Å². The van der Waals surface area contributed by atoms with Gasteiger partial charge in [0.15, 0.2) is 0 Å². The number of carbonyl (C=O) groups is 1. The lowest BCUT2D eigenvalue weighted by atomic mass is 10.2. The number of nitrogens with one attached hydrogen (secondary N) is 2. The second kappa shape index (κ2) is 6.82. The van der Waals surface area contributed by atoms with Crippen molar-refractivity contribution in [2.24, 2.45) is 11.7 Å². The lowest BCUT2D eigenvalue weighted by molar-refractivity contribution is -0.120. The van der Waals surface area contributed by atoms with E-state index in [4.69, 9.17) is 5.73 Å². The van der Waals surface area contributed by atoms with Gasteiger partial charge in [0.25, 0.3) is 0 Å². The van der Waals surface area contributed by atoms with Crippen LogP contribution in [0.5, 0.6) is 0 Å². The average molecular weight is 268 g/mol. The zero-order valence-electron chi connectivity index (χ0n) is 10.4. The van der Waals surface area contributed by atoms with Crippen LogP contribution in [0.1, 0.15) is 18.5 Å². The molecule has 4 N–H and O–H groups in total. The molecule has 1 atom stereocenters. The van der Waals surface area contributed by atoms with Crippen LogP contribution < -0.4 is 16.4 Å². The summed E-state index contributed by atoms with van der Waals surface area (Å²) in [5.74, 6) is 0.781. The topological polar surface area (TPSA) is 80.0 Å². The van der Waals surface area contributed by atoms with E-state index in [9.17, 15) is 4.79 Å². The molecule has 1 aromatic rings. The predicted molar refractivity (Wildman–Crippen MR) is 72.4 cm³/mol. The van der Waals surface area contributed by atoms with Gasteiger partial charge in [-0.2, -0.15) is 0 Å². The molecule has 18 heavy (non-hydrogen) atoms. The maximum absolute atomic E-state index is 11.4. The number of amides is 1. The second-order valence-electron chi connectivity index (χ2n) is 4.82. The van der Waals surface area contributed by atoms with Gasteiger partial charge in [0.05, 0.1) is 17.7 Å². The van der Waals surface area contributed by atoms with Gasteiger partial charge in [0.2, 0.25) is 5.91 Å². The molecule has 1 saturated carbocycles. The number of hydrogen-bond acceptors (Lipinski definition) is 5. The summed E-state index contributed by atoms with van der Waals surface area (Å²) < 4.78 is 0.